The van der Waals surface area contributed by atoms with Crippen LogP contribution in [0.15, 0.2) is 48.7 Å². The molecule has 0 aliphatic carbocycles. The molecule has 0 atom stereocenters. The number of fused-ring (bicyclic) bond motifs is 1. The van der Waals surface area contributed by atoms with Gasteiger partial charge in [0.25, 0.3) is 5.91 Å². The predicted molar refractivity (Wildman–Crippen MR) is 94.3 cm³/mol. The summed E-state index contributed by atoms with van der Waals surface area (Å²) in [7, 11) is 1.26. The second-order valence-electron chi connectivity index (χ2n) is 5.19. The number of aromatic nitrogens is 2. The maximum atomic E-state index is 12.6. The molecule has 2 aromatic heterocycles. The summed E-state index contributed by atoms with van der Waals surface area (Å²) in [6, 6.07) is 12.2. The van der Waals surface area contributed by atoms with Crippen molar-refractivity contribution in [1.29, 1.82) is 0 Å². The molecule has 0 aliphatic rings. The Kier molecular flexibility index (Phi) is 4.90. The Morgan fingerprint density at radius 2 is 2.00 bits per heavy atom. The Labute approximate surface area is 148 Å². The summed E-state index contributed by atoms with van der Waals surface area (Å²) >= 11 is 6.06. The SMILES string of the molecule is COC(=O)CNC(=O)c1cc(-c2ccccn2)nc2ccc(Cl)cc12. The van der Waals surface area contributed by atoms with Gasteiger partial charge in [-0.2, -0.15) is 0 Å². The smallest absolute Gasteiger partial charge is 0.325 e. The third-order valence-corrected chi connectivity index (χ3v) is 3.80. The summed E-state index contributed by atoms with van der Waals surface area (Å²) in [5, 5.41) is 3.62. The number of rotatable bonds is 4. The molecule has 126 valence electrons. The zero-order valence-electron chi connectivity index (χ0n) is 13.3. The van der Waals surface area contributed by atoms with Crippen LogP contribution in [0, 0.1) is 0 Å². The average Bonchev–Trinajstić information content (AvgIpc) is 2.65. The quantitative estimate of drug-likeness (QED) is 0.728. The van der Waals surface area contributed by atoms with Gasteiger partial charge in [0.15, 0.2) is 0 Å². The lowest BCUT2D eigenvalue weighted by atomic mass is 10.1. The predicted octanol–water partition coefficient (Wildman–Crippen LogP) is 2.85. The number of pyridine rings is 2. The standard InChI is InChI=1S/C18H14ClN3O3/c1-25-17(23)10-21-18(24)13-9-16(15-4-2-3-7-20-15)22-14-6-5-11(19)8-12(13)14/h2-9H,10H2,1H3,(H,21,24). The van der Waals surface area contributed by atoms with E-state index in [0.29, 0.717) is 32.9 Å². The van der Waals surface area contributed by atoms with Gasteiger partial charge in [-0.1, -0.05) is 17.7 Å². The molecule has 7 heteroatoms. The maximum absolute atomic E-state index is 12.6. The molecule has 6 nitrogen and oxygen atoms in total. The van der Waals surface area contributed by atoms with Crippen molar-refractivity contribution in [1.82, 2.24) is 15.3 Å². The first-order valence-electron chi connectivity index (χ1n) is 7.45. The molecule has 3 aromatic rings. The lowest BCUT2D eigenvalue weighted by molar-refractivity contribution is -0.139. The van der Waals surface area contributed by atoms with E-state index in [0.717, 1.165) is 0 Å². The van der Waals surface area contributed by atoms with Crippen molar-refractivity contribution in [3.05, 3.63) is 59.2 Å². The van der Waals surface area contributed by atoms with Crippen LogP contribution < -0.4 is 5.32 Å². The van der Waals surface area contributed by atoms with Crippen molar-refractivity contribution in [2.45, 2.75) is 0 Å². The monoisotopic (exact) mass is 355 g/mol. The van der Waals surface area contributed by atoms with Crippen LogP contribution in [-0.4, -0.2) is 35.5 Å². The second-order valence-corrected chi connectivity index (χ2v) is 5.63. The molecule has 3 rings (SSSR count). The van der Waals surface area contributed by atoms with Gasteiger partial charge < -0.3 is 10.1 Å². The largest absolute Gasteiger partial charge is 0.468 e. The number of carbonyl (C=O) groups excluding carboxylic acids is 2. The number of carbonyl (C=O) groups is 2. The number of nitrogens with zero attached hydrogens (tertiary/aromatic N) is 2. The molecule has 0 radical (unpaired) electrons. The van der Waals surface area contributed by atoms with Crippen LogP contribution in [0.1, 0.15) is 10.4 Å². The number of hydrogen-bond donors (Lipinski definition) is 1. The van der Waals surface area contributed by atoms with E-state index in [1.807, 2.05) is 6.07 Å². The molecular formula is C18H14ClN3O3. The molecule has 1 N–H and O–H groups in total. The molecule has 0 aliphatic heterocycles. The summed E-state index contributed by atoms with van der Waals surface area (Å²) in [6.07, 6.45) is 1.65. The first-order chi connectivity index (χ1) is 12.1. The number of nitrogens with one attached hydrogen (secondary N) is 1. The fourth-order valence-electron chi connectivity index (χ4n) is 2.35. The first-order valence-corrected chi connectivity index (χ1v) is 7.83. The number of amides is 1. The van der Waals surface area contributed by atoms with E-state index in [1.165, 1.54) is 7.11 Å². The zero-order chi connectivity index (χ0) is 17.8. The van der Waals surface area contributed by atoms with Gasteiger partial charge in [0, 0.05) is 16.6 Å². The molecule has 0 fully saturated rings. The van der Waals surface area contributed by atoms with Gasteiger partial charge in [-0.05, 0) is 36.4 Å². The highest BCUT2D eigenvalue weighted by atomic mass is 35.5. The Bertz CT molecular complexity index is 945. The fourth-order valence-corrected chi connectivity index (χ4v) is 2.52. The number of halogens is 1. The number of benzene rings is 1. The summed E-state index contributed by atoms with van der Waals surface area (Å²) in [5.41, 5.74) is 2.16. The third kappa shape index (κ3) is 3.75. The fraction of sp³-hybridized carbons (Fsp3) is 0.111. The Hall–Kier alpha value is -2.99. The maximum Gasteiger partial charge on any atom is 0.325 e. The van der Waals surface area contributed by atoms with E-state index in [9.17, 15) is 9.59 Å². The molecule has 25 heavy (non-hydrogen) atoms. The van der Waals surface area contributed by atoms with E-state index < -0.39 is 11.9 Å². The van der Waals surface area contributed by atoms with Crippen molar-refractivity contribution in [3.63, 3.8) is 0 Å². The molecule has 2 heterocycles. The van der Waals surface area contributed by atoms with E-state index in [2.05, 4.69) is 20.0 Å². The van der Waals surface area contributed by atoms with E-state index in [-0.39, 0.29) is 6.54 Å². The van der Waals surface area contributed by atoms with E-state index in [1.54, 1.807) is 42.6 Å². The molecule has 1 aromatic carbocycles. The Morgan fingerprint density at radius 1 is 1.16 bits per heavy atom. The molecule has 0 spiro atoms. The van der Waals surface area contributed by atoms with Gasteiger partial charge in [-0.15, -0.1) is 0 Å². The van der Waals surface area contributed by atoms with Gasteiger partial charge in [0.05, 0.1) is 29.6 Å². The van der Waals surface area contributed by atoms with Crippen molar-refractivity contribution < 1.29 is 14.3 Å². The topological polar surface area (TPSA) is 81.2 Å². The molecular weight excluding hydrogens is 342 g/mol. The van der Waals surface area contributed by atoms with E-state index in [4.69, 9.17) is 11.6 Å². The van der Waals surface area contributed by atoms with Gasteiger partial charge in [0.2, 0.25) is 0 Å². The average molecular weight is 356 g/mol. The lowest BCUT2D eigenvalue weighted by Crippen LogP contribution is -2.30. The van der Waals surface area contributed by atoms with Crippen molar-refractivity contribution in [2.24, 2.45) is 0 Å². The van der Waals surface area contributed by atoms with Gasteiger partial charge >= 0.3 is 5.97 Å². The van der Waals surface area contributed by atoms with Crippen LogP contribution in [-0.2, 0) is 9.53 Å². The highest BCUT2D eigenvalue weighted by molar-refractivity contribution is 6.31. The molecule has 0 unspecified atom stereocenters. The second kappa shape index (κ2) is 7.27. The molecule has 0 saturated heterocycles. The first kappa shape index (κ1) is 16.9. The van der Waals surface area contributed by atoms with Crippen molar-refractivity contribution in [2.75, 3.05) is 13.7 Å². The zero-order valence-corrected chi connectivity index (χ0v) is 14.1. The Balaban J connectivity index is 2.09. The minimum Gasteiger partial charge on any atom is -0.468 e. The number of methoxy groups -OCH3 is 1. The van der Waals surface area contributed by atoms with Crippen LogP contribution in [0.3, 0.4) is 0 Å². The highest BCUT2D eigenvalue weighted by Crippen LogP contribution is 2.26. The van der Waals surface area contributed by atoms with Crippen molar-refractivity contribution in [3.8, 4) is 11.4 Å². The van der Waals surface area contributed by atoms with E-state index >= 15 is 0 Å². The summed E-state index contributed by atoms with van der Waals surface area (Å²) in [6.45, 7) is -0.224. The molecule has 1 amide bonds. The van der Waals surface area contributed by atoms with Crippen LogP contribution >= 0.6 is 11.6 Å². The third-order valence-electron chi connectivity index (χ3n) is 3.56. The van der Waals surface area contributed by atoms with Gasteiger partial charge in [0.1, 0.15) is 6.54 Å². The minimum atomic E-state index is -0.533. The molecule has 0 saturated carbocycles. The highest BCUT2D eigenvalue weighted by Gasteiger charge is 2.16. The molecule has 0 bridgehead atoms. The number of ether oxygens (including phenoxy) is 1. The number of hydrogen-bond acceptors (Lipinski definition) is 5. The lowest BCUT2D eigenvalue weighted by Gasteiger charge is -2.10. The summed E-state index contributed by atoms with van der Waals surface area (Å²) in [5.74, 6) is -0.952. The van der Waals surface area contributed by atoms with Crippen LogP contribution in [0.25, 0.3) is 22.3 Å². The van der Waals surface area contributed by atoms with Crippen LogP contribution in [0.4, 0.5) is 0 Å². The summed E-state index contributed by atoms with van der Waals surface area (Å²) in [4.78, 5) is 32.7. The minimum absolute atomic E-state index is 0.224. The van der Waals surface area contributed by atoms with Crippen molar-refractivity contribution >= 4 is 34.4 Å². The normalized spacial score (nSPS) is 10.5. The van der Waals surface area contributed by atoms with Gasteiger partial charge in [-0.3, -0.25) is 14.6 Å². The Morgan fingerprint density at radius 3 is 2.72 bits per heavy atom. The number of esters is 1. The van der Waals surface area contributed by atoms with Crippen LogP contribution in [0.5, 0.6) is 0 Å². The summed E-state index contributed by atoms with van der Waals surface area (Å²) < 4.78 is 4.54. The van der Waals surface area contributed by atoms with Crippen LogP contribution in [0.2, 0.25) is 5.02 Å². The van der Waals surface area contributed by atoms with Gasteiger partial charge in [-0.25, -0.2) is 4.98 Å².